The minimum atomic E-state index is -0.879. The number of rotatable bonds is 4. The number of carbonyl (C=O) groups is 2. The maximum atomic E-state index is 12.6. The number of hydrogen-bond donors (Lipinski definition) is 1. The Kier molecular flexibility index (Phi) is 3.31. The number of aryl methyl sites for hydroxylation is 1. The number of hydrogen-bond acceptors (Lipinski definition) is 4. The van der Waals surface area contributed by atoms with Crippen molar-refractivity contribution in [3.05, 3.63) is 29.7 Å². The molecule has 112 valence electrons. The monoisotopic (exact) mass is 290 g/mol. The number of amides is 1. The van der Waals surface area contributed by atoms with Crippen LogP contribution in [0.15, 0.2) is 22.7 Å². The van der Waals surface area contributed by atoms with Crippen molar-refractivity contribution in [1.82, 2.24) is 10.1 Å². The van der Waals surface area contributed by atoms with Crippen molar-refractivity contribution in [3.63, 3.8) is 0 Å². The van der Waals surface area contributed by atoms with Crippen LogP contribution >= 0.6 is 0 Å². The molecule has 1 N–H and O–H groups in total. The zero-order valence-corrected chi connectivity index (χ0v) is 12.0. The Morgan fingerprint density at radius 3 is 2.62 bits per heavy atom. The molecular weight excluding hydrogens is 272 g/mol. The topological polar surface area (TPSA) is 83.6 Å². The number of aromatic nitrogens is 1. The van der Waals surface area contributed by atoms with Gasteiger partial charge in [0.05, 0.1) is 18.4 Å². The van der Waals surface area contributed by atoms with Crippen molar-refractivity contribution in [2.24, 2.45) is 23.7 Å². The average molecular weight is 290 g/mol. The molecule has 2 aliphatic carbocycles. The fourth-order valence-electron chi connectivity index (χ4n) is 3.56. The van der Waals surface area contributed by atoms with Crippen LogP contribution in [0.1, 0.15) is 17.9 Å². The van der Waals surface area contributed by atoms with Gasteiger partial charge < -0.3 is 14.5 Å². The van der Waals surface area contributed by atoms with Crippen LogP contribution in [0.3, 0.4) is 0 Å². The third kappa shape index (κ3) is 2.34. The van der Waals surface area contributed by atoms with Crippen molar-refractivity contribution in [2.75, 3.05) is 7.05 Å². The van der Waals surface area contributed by atoms with Gasteiger partial charge in [0, 0.05) is 13.1 Å². The zero-order chi connectivity index (χ0) is 15.1. The number of fused-ring (bicyclic) bond motifs is 2. The van der Waals surface area contributed by atoms with Crippen LogP contribution in [-0.4, -0.2) is 34.1 Å². The molecule has 2 bridgehead atoms. The number of nitrogens with zero attached hydrogens (tertiary/aromatic N) is 2. The summed E-state index contributed by atoms with van der Waals surface area (Å²) in [6.07, 6.45) is 4.69. The van der Waals surface area contributed by atoms with Gasteiger partial charge in [0.2, 0.25) is 5.91 Å². The first-order chi connectivity index (χ1) is 9.97. The summed E-state index contributed by atoms with van der Waals surface area (Å²) in [5.41, 5.74) is 0.675. The molecule has 6 heteroatoms. The summed E-state index contributed by atoms with van der Waals surface area (Å²) in [5, 5.41) is 13.3. The lowest BCUT2D eigenvalue weighted by Crippen LogP contribution is -2.40. The van der Waals surface area contributed by atoms with E-state index in [9.17, 15) is 14.7 Å². The molecule has 1 aromatic rings. The number of allylic oxidation sites excluding steroid dienone is 2. The lowest BCUT2D eigenvalue weighted by Gasteiger charge is -2.28. The fraction of sp³-hybridized carbons (Fsp3) is 0.533. The first kappa shape index (κ1) is 13.9. The van der Waals surface area contributed by atoms with E-state index in [1.54, 1.807) is 24.9 Å². The van der Waals surface area contributed by atoms with Gasteiger partial charge >= 0.3 is 5.97 Å². The number of carbonyl (C=O) groups excluding carboxylic acids is 1. The van der Waals surface area contributed by atoms with E-state index < -0.39 is 17.8 Å². The molecule has 1 amide bonds. The maximum Gasteiger partial charge on any atom is 0.307 e. The second-order valence-electron chi connectivity index (χ2n) is 5.96. The molecule has 0 spiro atoms. The van der Waals surface area contributed by atoms with Gasteiger partial charge in [0.15, 0.2) is 0 Å². The highest BCUT2D eigenvalue weighted by Gasteiger charge is 2.52. The summed E-state index contributed by atoms with van der Waals surface area (Å²) < 4.78 is 4.99. The molecular formula is C15H18N2O4. The molecule has 6 nitrogen and oxygen atoms in total. The Bertz CT molecular complexity index is 607. The Morgan fingerprint density at radius 1 is 1.38 bits per heavy atom. The molecule has 2 aliphatic rings. The smallest absolute Gasteiger partial charge is 0.307 e. The zero-order valence-electron chi connectivity index (χ0n) is 12.0. The summed E-state index contributed by atoms with van der Waals surface area (Å²) >= 11 is 0. The van der Waals surface area contributed by atoms with Crippen LogP contribution in [0, 0.1) is 30.6 Å². The largest absolute Gasteiger partial charge is 0.481 e. The van der Waals surface area contributed by atoms with Gasteiger partial charge in [-0.05, 0) is 25.2 Å². The van der Waals surface area contributed by atoms with Gasteiger partial charge in [0.1, 0.15) is 11.5 Å². The summed E-state index contributed by atoms with van der Waals surface area (Å²) in [4.78, 5) is 25.6. The Balaban J connectivity index is 1.74. The van der Waals surface area contributed by atoms with Gasteiger partial charge in [-0.25, -0.2) is 0 Å². The van der Waals surface area contributed by atoms with Gasteiger partial charge in [-0.15, -0.1) is 0 Å². The van der Waals surface area contributed by atoms with E-state index in [0.717, 1.165) is 6.42 Å². The summed E-state index contributed by atoms with van der Waals surface area (Å²) in [7, 11) is 1.68. The van der Waals surface area contributed by atoms with Crippen LogP contribution in [0.4, 0.5) is 0 Å². The molecule has 1 aromatic heterocycles. The number of carboxylic acid groups (broad SMARTS) is 1. The van der Waals surface area contributed by atoms with E-state index in [2.05, 4.69) is 5.16 Å². The fourth-order valence-corrected chi connectivity index (χ4v) is 3.56. The van der Waals surface area contributed by atoms with Crippen LogP contribution < -0.4 is 0 Å². The average Bonchev–Trinajstić information content (AvgIpc) is 3.12. The van der Waals surface area contributed by atoms with Gasteiger partial charge in [-0.1, -0.05) is 17.3 Å². The van der Waals surface area contributed by atoms with Crippen molar-refractivity contribution >= 4 is 11.9 Å². The van der Waals surface area contributed by atoms with Crippen LogP contribution in [-0.2, 0) is 16.1 Å². The minimum Gasteiger partial charge on any atom is -0.481 e. The number of carboxylic acids is 1. The molecule has 3 rings (SSSR count). The molecule has 1 heterocycles. The van der Waals surface area contributed by atoms with Crippen molar-refractivity contribution < 1.29 is 19.2 Å². The molecule has 21 heavy (non-hydrogen) atoms. The number of aliphatic carboxylic acids is 1. The van der Waals surface area contributed by atoms with Crippen molar-refractivity contribution in [3.8, 4) is 0 Å². The normalized spacial score (nSPS) is 29.8. The Hall–Kier alpha value is -2.11. The standard InChI is InChI=1S/C15H18N2O4/c1-8-5-11(16-21-8)7-17(2)14(18)12-9-3-4-10(6-9)13(12)15(19)20/h3-5,9-10,12-13H,6-7H2,1-2H3,(H,19,20)/t9?,10?,12-,13+/m0/s1. The first-order valence-corrected chi connectivity index (χ1v) is 7.05. The molecule has 1 saturated carbocycles. The predicted molar refractivity (Wildman–Crippen MR) is 73.1 cm³/mol. The van der Waals surface area contributed by atoms with Gasteiger partial charge in [-0.2, -0.15) is 0 Å². The van der Waals surface area contributed by atoms with E-state index >= 15 is 0 Å². The second kappa shape index (κ2) is 5.02. The summed E-state index contributed by atoms with van der Waals surface area (Å²) in [5.74, 6) is -1.34. The van der Waals surface area contributed by atoms with E-state index in [4.69, 9.17) is 4.52 Å². The summed E-state index contributed by atoms with van der Waals surface area (Å²) in [6.45, 7) is 2.12. The molecule has 0 aromatic carbocycles. The lowest BCUT2D eigenvalue weighted by molar-refractivity contribution is -0.150. The third-order valence-electron chi connectivity index (χ3n) is 4.48. The van der Waals surface area contributed by atoms with Crippen LogP contribution in [0.25, 0.3) is 0 Å². The highest BCUT2D eigenvalue weighted by molar-refractivity contribution is 5.86. The van der Waals surface area contributed by atoms with Crippen LogP contribution in [0.2, 0.25) is 0 Å². The Morgan fingerprint density at radius 2 is 2.05 bits per heavy atom. The maximum absolute atomic E-state index is 12.6. The SMILES string of the molecule is Cc1cc(CN(C)C(=O)[C@H]2C3C=CC(C3)[C@H]2C(=O)O)no1. The molecule has 0 aliphatic heterocycles. The molecule has 2 unspecified atom stereocenters. The molecule has 1 fully saturated rings. The highest BCUT2D eigenvalue weighted by Crippen LogP contribution is 2.48. The summed E-state index contributed by atoms with van der Waals surface area (Å²) in [6, 6.07) is 1.78. The minimum absolute atomic E-state index is 0.0101. The quantitative estimate of drug-likeness (QED) is 0.849. The van der Waals surface area contributed by atoms with Crippen LogP contribution in [0.5, 0.6) is 0 Å². The molecule has 0 radical (unpaired) electrons. The van der Waals surface area contributed by atoms with E-state index in [-0.39, 0.29) is 17.7 Å². The predicted octanol–water partition coefficient (Wildman–Crippen LogP) is 1.46. The first-order valence-electron chi connectivity index (χ1n) is 7.05. The van der Waals surface area contributed by atoms with E-state index in [1.807, 2.05) is 12.2 Å². The van der Waals surface area contributed by atoms with Gasteiger partial charge in [0.25, 0.3) is 0 Å². The van der Waals surface area contributed by atoms with E-state index in [1.165, 1.54) is 0 Å². The molecule has 0 saturated heterocycles. The van der Waals surface area contributed by atoms with Crippen molar-refractivity contribution in [2.45, 2.75) is 19.9 Å². The highest BCUT2D eigenvalue weighted by atomic mass is 16.5. The van der Waals surface area contributed by atoms with Gasteiger partial charge in [-0.3, -0.25) is 9.59 Å². The van der Waals surface area contributed by atoms with E-state index in [0.29, 0.717) is 18.0 Å². The second-order valence-corrected chi connectivity index (χ2v) is 5.96. The third-order valence-corrected chi connectivity index (χ3v) is 4.48. The Labute approximate surface area is 122 Å². The molecule has 4 atom stereocenters. The van der Waals surface area contributed by atoms with Crippen molar-refractivity contribution in [1.29, 1.82) is 0 Å². The lowest BCUT2D eigenvalue weighted by atomic mass is 9.82.